The number of rotatable bonds is 2. The second-order valence-electron chi connectivity index (χ2n) is 6.17. The average Bonchev–Trinajstić information content (AvgIpc) is 2.73. The zero-order chi connectivity index (χ0) is 13.3. The normalized spacial score (nSPS) is 20.9. The Morgan fingerprint density at radius 3 is 2.39 bits per heavy atom. The van der Waals surface area contributed by atoms with Gasteiger partial charge in [-0.3, -0.25) is 0 Å². The topological polar surface area (TPSA) is 20.2 Å². The van der Waals surface area contributed by atoms with E-state index >= 15 is 0 Å². The first kappa shape index (κ1) is 13.1. The molecule has 0 saturated carbocycles. The van der Waals surface area contributed by atoms with Crippen LogP contribution in [0.25, 0.3) is 0 Å². The van der Waals surface area contributed by atoms with Crippen LogP contribution in [-0.2, 0) is 0 Å². The van der Waals surface area contributed by atoms with Crippen molar-refractivity contribution in [2.75, 3.05) is 0 Å². The minimum absolute atomic E-state index is 0.143. The van der Waals surface area contributed by atoms with Crippen LogP contribution in [-0.4, -0.2) is 5.11 Å². The fourth-order valence-corrected chi connectivity index (χ4v) is 2.43. The molecule has 0 saturated heterocycles. The molecule has 0 amide bonds. The molecule has 2 atom stereocenters. The molecule has 1 aliphatic rings. The van der Waals surface area contributed by atoms with E-state index in [2.05, 4.69) is 52.0 Å². The fraction of sp³-hybridized carbons (Fsp3) is 0.412. The second-order valence-corrected chi connectivity index (χ2v) is 6.17. The predicted octanol–water partition coefficient (Wildman–Crippen LogP) is 4.37. The molecule has 0 aromatic heterocycles. The molecule has 2 rings (SSSR count). The van der Waals surface area contributed by atoms with Gasteiger partial charge in [-0.1, -0.05) is 68.8 Å². The predicted molar refractivity (Wildman–Crippen MR) is 76.5 cm³/mol. The summed E-state index contributed by atoms with van der Waals surface area (Å²) in [4.78, 5) is 0. The Bertz CT molecular complexity index is 489. The third-order valence-electron chi connectivity index (χ3n) is 3.60. The van der Waals surface area contributed by atoms with Gasteiger partial charge in [0.2, 0.25) is 0 Å². The fourth-order valence-electron chi connectivity index (χ4n) is 2.43. The summed E-state index contributed by atoms with van der Waals surface area (Å²) >= 11 is 0. The van der Waals surface area contributed by atoms with Gasteiger partial charge < -0.3 is 5.11 Å². The van der Waals surface area contributed by atoms with Crippen molar-refractivity contribution in [2.45, 2.75) is 39.7 Å². The molecular weight excluding hydrogens is 220 g/mol. The number of hydrogen-bond acceptors (Lipinski definition) is 1. The highest BCUT2D eigenvalue weighted by atomic mass is 16.3. The zero-order valence-corrected chi connectivity index (χ0v) is 11.6. The van der Waals surface area contributed by atoms with Crippen molar-refractivity contribution in [3.05, 3.63) is 59.2 Å². The van der Waals surface area contributed by atoms with E-state index in [1.165, 1.54) is 11.1 Å². The maximum atomic E-state index is 10.5. The van der Waals surface area contributed by atoms with Crippen molar-refractivity contribution in [2.24, 2.45) is 5.41 Å². The molecule has 18 heavy (non-hydrogen) atoms. The minimum Gasteiger partial charge on any atom is -0.388 e. The van der Waals surface area contributed by atoms with Crippen LogP contribution >= 0.6 is 0 Å². The van der Waals surface area contributed by atoms with Gasteiger partial charge in [0.05, 0.1) is 6.10 Å². The Labute approximate surface area is 110 Å². The highest BCUT2D eigenvalue weighted by Gasteiger charge is 2.28. The summed E-state index contributed by atoms with van der Waals surface area (Å²) < 4.78 is 0. The van der Waals surface area contributed by atoms with Crippen LogP contribution in [0.15, 0.2) is 48.1 Å². The lowest BCUT2D eigenvalue weighted by molar-refractivity contribution is 0.0618. The van der Waals surface area contributed by atoms with E-state index in [0.717, 1.165) is 5.56 Å². The molecule has 1 heteroatoms. The lowest BCUT2D eigenvalue weighted by Gasteiger charge is -2.29. The summed E-state index contributed by atoms with van der Waals surface area (Å²) in [6, 6.07) is 8.23. The number of benzene rings is 1. The Morgan fingerprint density at radius 1 is 1.17 bits per heavy atom. The molecule has 0 bridgehead atoms. The van der Waals surface area contributed by atoms with Crippen molar-refractivity contribution in [1.82, 2.24) is 0 Å². The van der Waals surface area contributed by atoms with E-state index < -0.39 is 6.10 Å². The maximum Gasteiger partial charge on any atom is 0.0841 e. The lowest BCUT2D eigenvalue weighted by Crippen LogP contribution is -2.19. The molecule has 0 heterocycles. The van der Waals surface area contributed by atoms with E-state index in [1.807, 2.05) is 18.2 Å². The van der Waals surface area contributed by atoms with Gasteiger partial charge in [0.25, 0.3) is 0 Å². The molecule has 1 aromatic rings. The summed E-state index contributed by atoms with van der Waals surface area (Å²) in [5.74, 6) is 0.318. The molecule has 1 nitrogen and oxygen atoms in total. The van der Waals surface area contributed by atoms with E-state index in [0.29, 0.717) is 5.92 Å². The van der Waals surface area contributed by atoms with E-state index in [-0.39, 0.29) is 5.41 Å². The van der Waals surface area contributed by atoms with Crippen LogP contribution in [0.4, 0.5) is 0 Å². The van der Waals surface area contributed by atoms with E-state index in [1.54, 1.807) is 0 Å². The largest absolute Gasteiger partial charge is 0.388 e. The second kappa shape index (κ2) is 4.74. The van der Waals surface area contributed by atoms with Crippen LogP contribution in [0.1, 0.15) is 50.8 Å². The van der Waals surface area contributed by atoms with Gasteiger partial charge in [-0.2, -0.15) is 0 Å². The number of allylic oxidation sites excluding steroid dienone is 4. The standard InChI is InChI=1S/C17H22O/c1-12-8-7-11-13(12)14-9-5-6-10-15(14)16(18)17(2,3)4/h5-11,13,16,18H,1-4H3. The average molecular weight is 242 g/mol. The van der Waals surface area contributed by atoms with Crippen LogP contribution in [0.3, 0.4) is 0 Å². The van der Waals surface area contributed by atoms with Gasteiger partial charge in [0.1, 0.15) is 0 Å². The third-order valence-corrected chi connectivity index (χ3v) is 3.60. The van der Waals surface area contributed by atoms with E-state index in [4.69, 9.17) is 0 Å². The van der Waals surface area contributed by atoms with Crippen molar-refractivity contribution in [3.8, 4) is 0 Å². The molecule has 0 fully saturated rings. The van der Waals surface area contributed by atoms with Crippen LogP contribution < -0.4 is 0 Å². The monoisotopic (exact) mass is 242 g/mol. The highest BCUT2D eigenvalue weighted by molar-refractivity contribution is 5.44. The van der Waals surface area contributed by atoms with Gasteiger partial charge >= 0.3 is 0 Å². The summed E-state index contributed by atoms with van der Waals surface area (Å²) in [6.07, 6.45) is 6.00. The minimum atomic E-state index is -0.435. The SMILES string of the molecule is CC1=CC=CC1c1ccccc1C(O)C(C)(C)C. The van der Waals surface area contributed by atoms with Crippen molar-refractivity contribution >= 4 is 0 Å². The van der Waals surface area contributed by atoms with Crippen molar-refractivity contribution < 1.29 is 5.11 Å². The van der Waals surface area contributed by atoms with Crippen LogP contribution in [0, 0.1) is 5.41 Å². The first-order valence-electron chi connectivity index (χ1n) is 6.53. The Morgan fingerprint density at radius 2 is 1.83 bits per heavy atom. The van der Waals surface area contributed by atoms with Gasteiger partial charge in [0, 0.05) is 5.92 Å². The third kappa shape index (κ3) is 2.41. The molecule has 1 aliphatic carbocycles. The van der Waals surface area contributed by atoms with Crippen LogP contribution in [0.5, 0.6) is 0 Å². The first-order valence-corrected chi connectivity index (χ1v) is 6.53. The number of aliphatic hydroxyl groups is 1. The molecule has 0 radical (unpaired) electrons. The smallest absolute Gasteiger partial charge is 0.0841 e. The van der Waals surface area contributed by atoms with Crippen molar-refractivity contribution in [1.29, 1.82) is 0 Å². The quantitative estimate of drug-likeness (QED) is 0.816. The summed E-state index contributed by atoms with van der Waals surface area (Å²) in [5.41, 5.74) is 3.47. The zero-order valence-electron chi connectivity index (χ0n) is 11.6. The molecule has 0 spiro atoms. The molecule has 1 N–H and O–H groups in total. The Kier molecular flexibility index (Phi) is 3.45. The van der Waals surface area contributed by atoms with Gasteiger partial charge in [-0.25, -0.2) is 0 Å². The van der Waals surface area contributed by atoms with Crippen LogP contribution in [0.2, 0.25) is 0 Å². The summed E-state index contributed by atoms with van der Waals surface area (Å²) in [6.45, 7) is 8.36. The van der Waals surface area contributed by atoms with Gasteiger partial charge in [-0.05, 0) is 23.5 Å². The maximum absolute atomic E-state index is 10.5. The van der Waals surface area contributed by atoms with Gasteiger partial charge in [0.15, 0.2) is 0 Å². The number of aliphatic hydroxyl groups excluding tert-OH is 1. The summed E-state index contributed by atoms with van der Waals surface area (Å²) in [5, 5.41) is 10.5. The van der Waals surface area contributed by atoms with E-state index in [9.17, 15) is 5.11 Å². The Hall–Kier alpha value is -1.34. The number of hydrogen-bond donors (Lipinski definition) is 1. The van der Waals surface area contributed by atoms with Gasteiger partial charge in [-0.15, -0.1) is 0 Å². The Balaban J connectivity index is 2.44. The lowest BCUT2D eigenvalue weighted by atomic mass is 9.80. The molecular formula is C17H22O. The molecule has 2 unspecified atom stereocenters. The molecule has 96 valence electrons. The highest BCUT2D eigenvalue weighted by Crippen LogP contribution is 2.39. The first-order chi connectivity index (χ1) is 8.41. The van der Waals surface area contributed by atoms with Crippen molar-refractivity contribution in [3.63, 3.8) is 0 Å². The molecule has 0 aliphatic heterocycles. The summed E-state index contributed by atoms with van der Waals surface area (Å²) in [7, 11) is 0. The molecule has 1 aromatic carbocycles.